The highest BCUT2D eigenvalue weighted by atomic mass is 19.4. The normalized spacial score (nSPS) is 17.0. The van der Waals surface area contributed by atoms with Crippen molar-refractivity contribution < 1.29 is 27.1 Å². The minimum atomic E-state index is -4.93. The summed E-state index contributed by atoms with van der Waals surface area (Å²) in [5.41, 5.74) is -1.20. The lowest BCUT2D eigenvalue weighted by molar-refractivity contribution is -0.138. The number of carbonyl (C=O) groups is 1. The summed E-state index contributed by atoms with van der Waals surface area (Å²) >= 11 is 0. The van der Waals surface area contributed by atoms with Crippen molar-refractivity contribution in [2.24, 2.45) is 0 Å². The van der Waals surface area contributed by atoms with Crippen LogP contribution in [0.4, 0.5) is 28.9 Å². The number of rotatable bonds is 6. The summed E-state index contributed by atoms with van der Waals surface area (Å²) in [4.78, 5) is 37.5. The first-order chi connectivity index (χ1) is 19.6. The topological polar surface area (TPSA) is 93.8 Å². The molecule has 2 aliphatic heterocycles. The van der Waals surface area contributed by atoms with Gasteiger partial charge in [-0.2, -0.15) is 13.2 Å². The fourth-order valence-corrected chi connectivity index (χ4v) is 4.94. The SMILES string of the molecule is CN1CCN(c2cc(F)c(-c3ccc(CN4CCOCC4)nc3)cc2NC(=O)c2c[nH]c(=O)cc2C(F)(F)F)CC1. The number of benzene rings is 1. The summed E-state index contributed by atoms with van der Waals surface area (Å²) in [6, 6.07) is 6.57. The van der Waals surface area contributed by atoms with Crippen molar-refractivity contribution in [2.75, 3.05) is 69.7 Å². The molecule has 218 valence electrons. The Kier molecular flexibility index (Phi) is 8.38. The van der Waals surface area contributed by atoms with Crippen LogP contribution in [-0.4, -0.2) is 85.2 Å². The van der Waals surface area contributed by atoms with Gasteiger partial charge in [0, 0.05) is 75.4 Å². The number of carbonyl (C=O) groups excluding carboxylic acids is 1. The van der Waals surface area contributed by atoms with Crippen molar-refractivity contribution >= 4 is 17.3 Å². The van der Waals surface area contributed by atoms with E-state index in [9.17, 15) is 22.8 Å². The molecule has 4 heterocycles. The van der Waals surface area contributed by atoms with E-state index in [1.165, 1.54) is 12.1 Å². The predicted octanol–water partition coefficient (Wildman–Crippen LogP) is 3.43. The zero-order valence-corrected chi connectivity index (χ0v) is 22.4. The van der Waals surface area contributed by atoms with Gasteiger partial charge in [-0.3, -0.25) is 19.5 Å². The summed E-state index contributed by atoms with van der Waals surface area (Å²) in [5.74, 6) is -1.64. The molecule has 0 spiro atoms. The molecule has 2 aliphatic rings. The van der Waals surface area contributed by atoms with E-state index in [1.54, 1.807) is 18.3 Å². The molecule has 1 aromatic carbocycles. The van der Waals surface area contributed by atoms with E-state index in [1.807, 2.05) is 11.9 Å². The first-order valence-electron chi connectivity index (χ1n) is 13.2. The van der Waals surface area contributed by atoms with Gasteiger partial charge in [-0.05, 0) is 25.2 Å². The first kappa shape index (κ1) is 28.7. The molecular weight excluding hydrogens is 544 g/mol. The zero-order valence-electron chi connectivity index (χ0n) is 22.4. The molecule has 0 radical (unpaired) electrons. The van der Waals surface area contributed by atoms with Crippen LogP contribution < -0.4 is 15.8 Å². The predicted molar refractivity (Wildman–Crippen MR) is 145 cm³/mol. The smallest absolute Gasteiger partial charge is 0.379 e. The van der Waals surface area contributed by atoms with E-state index < -0.39 is 34.6 Å². The lowest BCUT2D eigenvalue weighted by Gasteiger charge is -2.35. The Bertz CT molecular complexity index is 1450. The molecule has 2 aromatic heterocycles. The Hall–Kier alpha value is -3.81. The Balaban J connectivity index is 1.48. The zero-order chi connectivity index (χ0) is 29.1. The van der Waals surface area contributed by atoms with Crippen molar-refractivity contribution in [3.05, 3.63) is 75.7 Å². The largest absolute Gasteiger partial charge is 0.417 e. The molecule has 0 saturated carbocycles. The molecule has 0 unspecified atom stereocenters. The van der Waals surface area contributed by atoms with Crippen LogP contribution in [0.15, 0.2) is 47.5 Å². The number of amides is 1. The second kappa shape index (κ2) is 12.0. The Morgan fingerprint density at radius 1 is 1.07 bits per heavy atom. The molecule has 13 heteroatoms. The number of nitrogens with zero attached hydrogens (tertiary/aromatic N) is 4. The Morgan fingerprint density at radius 3 is 2.46 bits per heavy atom. The molecule has 41 heavy (non-hydrogen) atoms. The van der Waals surface area contributed by atoms with Crippen molar-refractivity contribution in [1.29, 1.82) is 0 Å². The van der Waals surface area contributed by atoms with E-state index in [2.05, 4.69) is 25.1 Å². The number of halogens is 4. The van der Waals surface area contributed by atoms with Crippen LogP contribution in [0.25, 0.3) is 11.1 Å². The van der Waals surface area contributed by atoms with Crippen molar-refractivity contribution in [1.82, 2.24) is 19.8 Å². The van der Waals surface area contributed by atoms with Gasteiger partial charge < -0.3 is 24.8 Å². The molecule has 3 aromatic rings. The van der Waals surface area contributed by atoms with E-state index in [0.717, 1.165) is 25.0 Å². The molecule has 2 N–H and O–H groups in total. The van der Waals surface area contributed by atoms with Crippen LogP contribution in [-0.2, 0) is 17.5 Å². The first-order valence-corrected chi connectivity index (χ1v) is 13.2. The van der Waals surface area contributed by atoms with E-state index in [-0.39, 0.29) is 11.3 Å². The third-order valence-corrected chi connectivity index (χ3v) is 7.28. The van der Waals surface area contributed by atoms with Crippen LogP contribution in [0.3, 0.4) is 0 Å². The number of alkyl halides is 3. The number of ether oxygens (including phenoxy) is 1. The number of hydrogen-bond acceptors (Lipinski definition) is 7. The summed E-state index contributed by atoms with van der Waals surface area (Å²) in [6.45, 7) is 5.94. The average molecular weight is 575 g/mol. The van der Waals surface area contributed by atoms with Gasteiger partial charge in [0.1, 0.15) is 5.82 Å². The van der Waals surface area contributed by atoms with Crippen molar-refractivity contribution in [3.8, 4) is 11.1 Å². The van der Waals surface area contributed by atoms with Crippen molar-refractivity contribution in [2.45, 2.75) is 12.7 Å². The lowest BCUT2D eigenvalue weighted by atomic mass is 10.0. The molecule has 1 amide bonds. The number of anilines is 2. The van der Waals surface area contributed by atoms with Crippen molar-refractivity contribution in [3.63, 3.8) is 0 Å². The second-order valence-corrected chi connectivity index (χ2v) is 10.1. The van der Waals surface area contributed by atoms with Crippen LogP contribution in [0.1, 0.15) is 21.6 Å². The molecule has 2 fully saturated rings. The standard InChI is InChI=1S/C28H30F4N6O3/c1-36-4-6-38(7-5-36)25-14-23(29)20(18-2-3-19(33-15-18)17-37-8-10-41-11-9-37)12-24(25)35-27(40)21-16-34-26(39)13-22(21)28(30,31)32/h2-3,12-16H,4-11,17H2,1H3,(H,34,39)(H,35,40). The number of H-pyrrole nitrogens is 1. The molecule has 0 aliphatic carbocycles. The number of likely N-dealkylation sites (N-methyl/N-ethyl adjacent to an activating group) is 1. The van der Waals surface area contributed by atoms with Gasteiger partial charge in [-0.15, -0.1) is 0 Å². The lowest BCUT2D eigenvalue weighted by Crippen LogP contribution is -2.44. The number of hydrogen-bond donors (Lipinski definition) is 2. The van der Waals surface area contributed by atoms with Gasteiger partial charge in [0.05, 0.1) is 41.4 Å². The Labute approximate surface area is 233 Å². The maximum Gasteiger partial charge on any atom is 0.417 e. The minimum absolute atomic E-state index is 0.140. The number of aromatic amines is 1. The van der Waals surface area contributed by atoms with Crippen LogP contribution in [0.5, 0.6) is 0 Å². The highest BCUT2D eigenvalue weighted by molar-refractivity contribution is 6.07. The molecule has 5 rings (SSSR count). The second-order valence-electron chi connectivity index (χ2n) is 10.1. The van der Waals surface area contributed by atoms with Gasteiger partial charge in [0.25, 0.3) is 5.91 Å². The third kappa shape index (κ3) is 6.75. The molecule has 2 saturated heterocycles. The van der Waals surface area contributed by atoms with Crippen LogP contribution >= 0.6 is 0 Å². The van der Waals surface area contributed by atoms with Crippen LogP contribution in [0.2, 0.25) is 0 Å². The van der Waals surface area contributed by atoms with Crippen LogP contribution in [0, 0.1) is 5.82 Å². The highest BCUT2D eigenvalue weighted by Crippen LogP contribution is 2.36. The fraction of sp³-hybridized carbons (Fsp3) is 0.393. The maximum atomic E-state index is 15.6. The van der Waals surface area contributed by atoms with Gasteiger partial charge in [-0.1, -0.05) is 6.07 Å². The summed E-state index contributed by atoms with van der Waals surface area (Å²) < 4.78 is 61.9. The Morgan fingerprint density at radius 2 is 1.80 bits per heavy atom. The van der Waals surface area contributed by atoms with Gasteiger partial charge in [0.2, 0.25) is 5.56 Å². The average Bonchev–Trinajstić information content (AvgIpc) is 2.95. The van der Waals surface area contributed by atoms with Gasteiger partial charge in [0.15, 0.2) is 0 Å². The molecule has 0 bridgehead atoms. The number of pyridine rings is 2. The fourth-order valence-electron chi connectivity index (χ4n) is 4.94. The van der Waals surface area contributed by atoms with E-state index in [0.29, 0.717) is 63.3 Å². The monoisotopic (exact) mass is 574 g/mol. The minimum Gasteiger partial charge on any atom is -0.379 e. The number of piperazine rings is 1. The number of morpholine rings is 1. The van der Waals surface area contributed by atoms with Gasteiger partial charge in [-0.25, -0.2) is 4.39 Å². The van der Waals surface area contributed by atoms with E-state index in [4.69, 9.17) is 4.74 Å². The molecular formula is C28H30F4N6O3. The highest BCUT2D eigenvalue weighted by Gasteiger charge is 2.36. The summed E-state index contributed by atoms with van der Waals surface area (Å²) in [7, 11) is 1.95. The van der Waals surface area contributed by atoms with E-state index >= 15 is 4.39 Å². The quantitative estimate of drug-likeness (QED) is 0.436. The van der Waals surface area contributed by atoms with Gasteiger partial charge >= 0.3 is 6.18 Å². The summed E-state index contributed by atoms with van der Waals surface area (Å²) in [6.07, 6.45) is -2.65. The third-order valence-electron chi connectivity index (χ3n) is 7.28. The maximum absolute atomic E-state index is 15.6. The number of nitrogens with one attached hydrogen (secondary N) is 2. The summed E-state index contributed by atoms with van der Waals surface area (Å²) in [5, 5.41) is 2.55. The number of aromatic nitrogens is 2. The molecule has 0 atom stereocenters. The molecule has 9 nitrogen and oxygen atoms in total.